The van der Waals surface area contributed by atoms with E-state index in [9.17, 15) is 8.42 Å². The second-order valence-electron chi connectivity index (χ2n) is 4.33. The van der Waals surface area contributed by atoms with Gasteiger partial charge in [-0.25, -0.2) is 4.72 Å². The maximum Gasteiger partial charge on any atom is 0.279 e. The van der Waals surface area contributed by atoms with Gasteiger partial charge in [0.1, 0.15) is 0 Å². The third-order valence-electron chi connectivity index (χ3n) is 2.92. The minimum atomic E-state index is -3.24. The molecule has 0 unspecified atom stereocenters. The summed E-state index contributed by atoms with van der Waals surface area (Å²) in [5.74, 6) is 0.646. The summed E-state index contributed by atoms with van der Waals surface area (Å²) in [6, 6.07) is 0. The number of halogens is 1. The van der Waals surface area contributed by atoms with Crippen molar-refractivity contribution in [3.05, 3.63) is 0 Å². The average Bonchev–Trinajstić information content (AvgIpc) is 2.25. The van der Waals surface area contributed by atoms with Crippen molar-refractivity contribution in [1.29, 1.82) is 0 Å². The summed E-state index contributed by atoms with van der Waals surface area (Å²) < 4.78 is 27.9. The van der Waals surface area contributed by atoms with E-state index < -0.39 is 10.2 Å². The van der Waals surface area contributed by atoms with Gasteiger partial charge in [-0.2, -0.15) is 12.7 Å². The van der Waals surface area contributed by atoms with Crippen LogP contribution >= 0.6 is 12.4 Å². The van der Waals surface area contributed by atoms with Crippen molar-refractivity contribution >= 4 is 22.6 Å². The van der Waals surface area contributed by atoms with E-state index in [0.717, 1.165) is 19.4 Å². The number of hydrogen-bond donors (Lipinski definition) is 2. The highest BCUT2D eigenvalue weighted by Gasteiger charge is 2.25. The maximum absolute atomic E-state index is 11.8. The molecule has 7 heteroatoms. The van der Waals surface area contributed by atoms with Crippen molar-refractivity contribution in [2.45, 2.75) is 26.7 Å². The molecule has 0 bridgehead atoms. The van der Waals surface area contributed by atoms with E-state index in [2.05, 4.69) is 17.0 Å². The fourth-order valence-corrected chi connectivity index (χ4v) is 3.00. The number of nitrogens with zero attached hydrogens (tertiary/aromatic N) is 1. The van der Waals surface area contributed by atoms with E-state index in [1.165, 1.54) is 0 Å². The second-order valence-corrected chi connectivity index (χ2v) is 6.09. The summed E-state index contributed by atoms with van der Waals surface area (Å²) in [5.41, 5.74) is 0. The third-order valence-corrected chi connectivity index (χ3v) is 4.53. The zero-order valence-electron chi connectivity index (χ0n) is 10.6. The first-order valence-corrected chi connectivity index (χ1v) is 7.45. The zero-order valence-corrected chi connectivity index (χ0v) is 12.2. The number of piperidine rings is 1. The molecule has 0 aromatic heterocycles. The van der Waals surface area contributed by atoms with Gasteiger partial charge in [0.2, 0.25) is 0 Å². The molecule has 0 amide bonds. The Balaban J connectivity index is 0.00000256. The smallest absolute Gasteiger partial charge is 0.279 e. The Bertz CT molecular complexity index is 290. The maximum atomic E-state index is 11.8. The zero-order chi connectivity index (χ0) is 12.0. The quantitative estimate of drug-likeness (QED) is 0.702. The van der Waals surface area contributed by atoms with E-state index in [4.69, 9.17) is 0 Å². The number of hydrogen-bond acceptors (Lipinski definition) is 3. The summed E-state index contributed by atoms with van der Waals surface area (Å²) in [4.78, 5) is 0. The van der Waals surface area contributed by atoms with Gasteiger partial charge in [0.05, 0.1) is 0 Å². The van der Waals surface area contributed by atoms with Gasteiger partial charge in [0.15, 0.2) is 0 Å². The van der Waals surface area contributed by atoms with Crippen molar-refractivity contribution in [3.8, 4) is 0 Å². The topological polar surface area (TPSA) is 61.4 Å². The molecule has 0 spiro atoms. The largest absolute Gasteiger partial charge is 0.316 e. The van der Waals surface area contributed by atoms with Crippen LogP contribution in [0.2, 0.25) is 0 Å². The Morgan fingerprint density at radius 1 is 1.24 bits per heavy atom. The summed E-state index contributed by atoms with van der Waals surface area (Å²) in [6.07, 6.45) is 1.93. The van der Waals surface area contributed by atoms with Crippen LogP contribution < -0.4 is 10.0 Å². The lowest BCUT2D eigenvalue weighted by molar-refractivity contribution is 0.285. The van der Waals surface area contributed by atoms with Crippen molar-refractivity contribution < 1.29 is 8.42 Å². The summed E-state index contributed by atoms with van der Waals surface area (Å²) >= 11 is 0. The molecule has 17 heavy (non-hydrogen) atoms. The molecule has 0 radical (unpaired) electrons. The summed E-state index contributed by atoms with van der Waals surface area (Å²) in [6.45, 7) is 7.48. The predicted molar refractivity (Wildman–Crippen MR) is 72.7 cm³/mol. The molecule has 0 aromatic rings. The Kier molecular flexibility index (Phi) is 8.32. The Morgan fingerprint density at radius 2 is 1.82 bits per heavy atom. The van der Waals surface area contributed by atoms with Crippen molar-refractivity contribution in [2.24, 2.45) is 5.92 Å². The minimum absolute atomic E-state index is 0. The van der Waals surface area contributed by atoms with Crippen LogP contribution in [0.25, 0.3) is 0 Å². The standard InChI is InChI=1S/C10H23N3O2S.ClH/c1-3-11-6-7-12-16(14,15)13-8-4-10(2)5-9-13;/h10-12H,3-9H2,1-2H3;1H. The lowest BCUT2D eigenvalue weighted by Crippen LogP contribution is -2.46. The second kappa shape index (κ2) is 8.26. The molecule has 1 rings (SSSR count). The lowest BCUT2D eigenvalue weighted by atomic mass is 10.0. The first-order valence-electron chi connectivity index (χ1n) is 6.01. The minimum Gasteiger partial charge on any atom is -0.316 e. The monoisotopic (exact) mass is 285 g/mol. The van der Waals surface area contributed by atoms with Crippen LogP contribution in [0.1, 0.15) is 26.7 Å². The highest BCUT2D eigenvalue weighted by atomic mass is 35.5. The summed E-state index contributed by atoms with van der Waals surface area (Å²) in [5, 5.41) is 3.09. The van der Waals surface area contributed by atoms with E-state index >= 15 is 0 Å². The molecule has 2 N–H and O–H groups in total. The molecule has 104 valence electrons. The molecule has 0 aromatic carbocycles. The van der Waals surface area contributed by atoms with Crippen molar-refractivity contribution in [3.63, 3.8) is 0 Å². The highest BCUT2D eigenvalue weighted by Crippen LogP contribution is 2.17. The van der Waals surface area contributed by atoms with Crippen LogP contribution in [0.5, 0.6) is 0 Å². The first-order chi connectivity index (χ1) is 7.56. The summed E-state index contributed by atoms with van der Waals surface area (Å²) in [7, 11) is -3.24. The normalized spacial score (nSPS) is 18.9. The van der Waals surface area contributed by atoms with Crippen LogP contribution in [0, 0.1) is 5.92 Å². The molecular formula is C10H24ClN3O2S. The van der Waals surface area contributed by atoms with E-state index in [-0.39, 0.29) is 12.4 Å². The molecular weight excluding hydrogens is 262 g/mol. The highest BCUT2D eigenvalue weighted by molar-refractivity contribution is 7.87. The Hall–Kier alpha value is 0.120. The SMILES string of the molecule is CCNCCNS(=O)(=O)N1CCC(C)CC1.Cl. The van der Waals surface area contributed by atoms with Gasteiger partial charge < -0.3 is 5.32 Å². The predicted octanol–water partition coefficient (Wildman–Crippen LogP) is 0.584. The fraction of sp³-hybridized carbons (Fsp3) is 1.00. The Morgan fingerprint density at radius 3 is 2.35 bits per heavy atom. The van der Waals surface area contributed by atoms with Crippen LogP contribution in [0.4, 0.5) is 0 Å². The fourth-order valence-electron chi connectivity index (χ4n) is 1.76. The van der Waals surface area contributed by atoms with Crippen LogP contribution in [0.3, 0.4) is 0 Å². The van der Waals surface area contributed by atoms with Gasteiger partial charge in [-0.1, -0.05) is 13.8 Å². The molecule has 0 aliphatic carbocycles. The molecule has 0 saturated carbocycles. The van der Waals surface area contributed by atoms with Gasteiger partial charge in [0.25, 0.3) is 10.2 Å². The molecule has 1 aliphatic heterocycles. The number of nitrogens with one attached hydrogen (secondary N) is 2. The molecule has 1 fully saturated rings. The van der Waals surface area contributed by atoms with E-state index in [1.54, 1.807) is 4.31 Å². The van der Waals surface area contributed by atoms with Gasteiger partial charge in [-0.3, -0.25) is 0 Å². The van der Waals surface area contributed by atoms with Crippen LogP contribution in [-0.2, 0) is 10.2 Å². The molecule has 1 saturated heterocycles. The molecule has 0 atom stereocenters. The Labute approximate surface area is 111 Å². The van der Waals surface area contributed by atoms with E-state index in [1.807, 2.05) is 6.92 Å². The lowest BCUT2D eigenvalue weighted by Gasteiger charge is -2.29. The van der Waals surface area contributed by atoms with Crippen molar-refractivity contribution in [2.75, 3.05) is 32.7 Å². The first kappa shape index (κ1) is 17.1. The van der Waals surface area contributed by atoms with Gasteiger partial charge in [-0.05, 0) is 25.3 Å². The van der Waals surface area contributed by atoms with Gasteiger partial charge in [-0.15, -0.1) is 12.4 Å². The molecule has 1 heterocycles. The number of rotatable bonds is 6. The third kappa shape index (κ3) is 6.01. The van der Waals surface area contributed by atoms with Gasteiger partial charge in [0, 0.05) is 26.2 Å². The number of likely N-dealkylation sites (N-methyl/N-ethyl adjacent to an activating group) is 1. The average molecular weight is 286 g/mol. The van der Waals surface area contributed by atoms with E-state index in [0.29, 0.717) is 32.1 Å². The van der Waals surface area contributed by atoms with Crippen molar-refractivity contribution in [1.82, 2.24) is 14.3 Å². The molecule has 5 nitrogen and oxygen atoms in total. The van der Waals surface area contributed by atoms with Crippen LogP contribution in [0.15, 0.2) is 0 Å². The van der Waals surface area contributed by atoms with Gasteiger partial charge >= 0.3 is 0 Å². The molecule has 1 aliphatic rings. The van der Waals surface area contributed by atoms with Crippen LogP contribution in [-0.4, -0.2) is 45.4 Å².